The third kappa shape index (κ3) is 4.04. The van der Waals surface area contributed by atoms with Crippen molar-refractivity contribution in [3.8, 4) is 0 Å². The van der Waals surface area contributed by atoms with Gasteiger partial charge in [-0.3, -0.25) is 4.99 Å². The monoisotopic (exact) mass is 383 g/mol. The van der Waals surface area contributed by atoms with Crippen LogP contribution in [0.3, 0.4) is 0 Å². The SMILES string of the molecule is C/N=c1/n(CCc2ccc(C)cc2)c2ccc(C)cc2n1Cc1ccc(C)cc1. The summed E-state index contributed by atoms with van der Waals surface area (Å²) >= 11 is 0. The summed E-state index contributed by atoms with van der Waals surface area (Å²) in [4.78, 5) is 4.70. The molecule has 0 atom stereocenters. The molecule has 29 heavy (non-hydrogen) atoms. The van der Waals surface area contributed by atoms with Crippen LogP contribution in [-0.2, 0) is 19.5 Å². The zero-order valence-electron chi connectivity index (χ0n) is 17.8. The van der Waals surface area contributed by atoms with Gasteiger partial charge < -0.3 is 9.13 Å². The van der Waals surface area contributed by atoms with E-state index in [2.05, 4.69) is 96.6 Å². The molecule has 3 heteroatoms. The van der Waals surface area contributed by atoms with Crippen molar-refractivity contribution in [3.63, 3.8) is 0 Å². The van der Waals surface area contributed by atoms with E-state index in [0.717, 1.165) is 25.1 Å². The Hall–Kier alpha value is -3.07. The summed E-state index contributed by atoms with van der Waals surface area (Å²) in [5, 5.41) is 0. The number of aryl methyl sites for hydroxylation is 5. The Morgan fingerprint density at radius 2 is 1.24 bits per heavy atom. The summed E-state index contributed by atoms with van der Waals surface area (Å²) in [7, 11) is 1.90. The molecule has 0 aliphatic carbocycles. The Morgan fingerprint density at radius 3 is 1.86 bits per heavy atom. The van der Waals surface area contributed by atoms with Crippen LogP contribution in [0.5, 0.6) is 0 Å². The highest BCUT2D eigenvalue weighted by atomic mass is 15.2. The van der Waals surface area contributed by atoms with E-state index in [1.54, 1.807) is 0 Å². The number of fused-ring (bicyclic) bond motifs is 1. The molecule has 1 aromatic heterocycles. The fourth-order valence-corrected chi connectivity index (χ4v) is 3.93. The number of hydrogen-bond donors (Lipinski definition) is 0. The Balaban J connectivity index is 1.77. The molecular weight excluding hydrogens is 354 g/mol. The van der Waals surface area contributed by atoms with Crippen LogP contribution in [0.15, 0.2) is 71.7 Å². The van der Waals surface area contributed by atoms with Gasteiger partial charge in [-0.05, 0) is 56.0 Å². The van der Waals surface area contributed by atoms with E-state index < -0.39 is 0 Å². The minimum atomic E-state index is 0.824. The standard InChI is InChI=1S/C26H29N3/c1-19-5-10-22(11-6-19)15-16-28-24-14-9-21(3)17-25(24)29(26(28)27-4)18-23-12-7-20(2)8-13-23/h5-14,17H,15-16,18H2,1-4H3/b27-26-. The quantitative estimate of drug-likeness (QED) is 0.453. The summed E-state index contributed by atoms with van der Waals surface area (Å²) < 4.78 is 4.71. The Labute approximate surface area is 173 Å². The molecular formula is C26H29N3. The van der Waals surface area contributed by atoms with Gasteiger partial charge in [-0.15, -0.1) is 0 Å². The highest BCUT2D eigenvalue weighted by Crippen LogP contribution is 2.18. The molecule has 0 bridgehead atoms. The van der Waals surface area contributed by atoms with Crippen LogP contribution in [-0.4, -0.2) is 16.2 Å². The molecule has 3 nitrogen and oxygen atoms in total. The van der Waals surface area contributed by atoms with E-state index >= 15 is 0 Å². The lowest BCUT2D eigenvalue weighted by molar-refractivity contribution is 0.629. The van der Waals surface area contributed by atoms with Gasteiger partial charge in [0.25, 0.3) is 0 Å². The minimum absolute atomic E-state index is 0.824. The van der Waals surface area contributed by atoms with E-state index in [9.17, 15) is 0 Å². The molecule has 0 unspecified atom stereocenters. The van der Waals surface area contributed by atoms with Crippen LogP contribution >= 0.6 is 0 Å². The van der Waals surface area contributed by atoms with Crippen molar-refractivity contribution < 1.29 is 0 Å². The van der Waals surface area contributed by atoms with Crippen molar-refractivity contribution in [2.75, 3.05) is 7.05 Å². The molecule has 0 radical (unpaired) electrons. The zero-order valence-corrected chi connectivity index (χ0v) is 17.8. The Kier molecular flexibility index (Phi) is 5.39. The Morgan fingerprint density at radius 1 is 0.655 bits per heavy atom. The average Bonchev–Trinajstić information content (AvgIpc) is 3.01. The van der Waals surface area contributed by atoms with Crippen molar-refractivity contribution in [1.82, 2.24) is 9.13 Å². The van der Waals surface area contributed by atoms with Crippen LogP contribution < -0.4 is 5.62 Å². The molecule has 0 N–H and O–H groups in total. The van der Waals surface area contributed by atoms with E-state index in [0.29, 0.717) is 0 Å². The van der Waals surface area contributed by atoms with Gasteiger partial charge in [0, 0.05) is 13.6 Å². The molecule has 148 valence electrons. The first kappa shape index (κ1) is 19.3. The second-order valence-electron chi connectivity index (χ2n) is 7.97. The van der Waals surface area contributed by atoms with Gasteiger partial charge in [0.1, 0.15) is 0 Å². The molecule has 0 aliphatic heterocycles. The fourth-order valence-electron chi connectivity index (χ4n) is 3.93. The summed E-state index contributed by atoms with van der Waals surface area (Å²) in [6, 6.07) is 24.3. The molecule has 0 spiro atoms. The van der Waals surface area contributed by atoms with Crippen molar-refractivity contribution >= 4 is 11.0 Å². The molecule has 4 aromatic rings. The van der Waals surface area contributed by atoms with Crippen LogP contribution in [0, 0.1) is 20.8 Å². The molecule has 1 heterocycles. The second-order valence-corrected chi connectivity index (χ2v) is 7.97. The maximum absolute atomic E-state index is 4.70. The van der Waals surface area contributed by atoms with E-state index in [-0.39, 0.29) is 0 Å². The van der Waals surface area contributed by atoms with Crippen molar-refractivity contribution in [2.45, 2.75) is 40.3 Å². The number of nitrogens with zero attached hydrogens (tertiary/aromatic N) is 3. The van der Waals surface area contributed by atoms with Crippen LogP contribution in [0.25, 0.3) is 11.0 Å². The summed E-state index contributed by atoms with van der Waals surface area (Å²) in [6.45, 7) is 8.15. The number of benzene rings is 3. The molecule has 0 amide bonds. The normalized spacial score (nSPS) is 12.1. The van der Waals surface area contributed by atoms with Gasteiger partial charge in [-0.25, -0.2) is 0 Å². The third-order valence-corrected chi connectivity index (χ3v) is 5.60. The maximum Gasteiger partial charge on any atom is 0.205 e. The largest absolute Gasteiger partial charge is 0.310 e. The van der Waals surface area contributed by atoms with Crippen LogP contribution in [0.1, 0.15) is 27.8 Å². The molecule has 0 saturated carbocycles. The smallest absolute Gasteiger partial charge is 0.205 e. The molecule has 3 aromatic carbocycles. The highest BCUT2D eigenvalue weighted by Gasteiger charge is 2.12. The highest BCUT2D eigenvalue weighted by molar-refractivity contribution is 5.77. The van der Waals surface area contributed by atoms with Gasteiger partial charge >= 0.3 is 0 Å². The first-order valence-corrected chi connectivity index (χ1v) is 10.3. The minimum Gasteiger partial charge on any atom is -0.310 e. The van der Waals surface area contributed by atoms with Crippen molar-refractivity contribution in [2.24, 2.45) is 4.99 Å². The molecule has 0 fully saturated rings. The molecule has 4 rings (SSSR count). The fraction of sp³-hybridized carbons (Fsp3) is 0.269. The topological polar surface area (TPSA) is 22.2 Å². The van der Waals surface area contributed by atoms with Gasteiger partial charge in [0.2, 0.25) is 5.62 Å². The van der Waals surface area contributed by atoms with E-state index in [4.69, 9.17) is 4.99 Å². The van der Waals surface area contributed by atoms with Gasteiger partial charge in [0.05, 0.1) is 17.6 Å². The van der Waals surface area contributed by atoms with Crippen LogP contribution in [0.2, 0.25) is 0 Å². The number of hydrogen-bond acceptors (Lipinski definition) is 1. The first-order valence-electron chi connectivity index (χ1n) is 10.3. The van der Waals surface area contributed by atoms with E-state index in [1.807, 2.05) is 7.05 Å². The first-order chi connectivity index (χ1) is 14.0. The maximum atomic E-state index is 4.70. The predicted molar refractivity (Wildman–Crippen MR) is 121 cm³/mol. The molecule has 0 saturated heterocycles. The Bertz CT molecular complexity index is 1190. The molecule has 0 aliphatic rings. The summed E-state index contributed by atoms with van der Waals surface area (Å²) in [5.74, 6) is 0. The van der Waals surface area contributed by atoms with Gasteiger partial charge in [-0.2, -0.15) is 0 Å². The number of aromatic nitrogens is 2. The second kappa shape index (κ2) is 8.12. The predicted octanol–water partition coefficient (Wildman–Crippen LogP) is 5.19. The average molecular weight is 384 g/mol. The lowest BCUT2D eigenvalue weighted by Gasteiger charge is -2.07. The summed E-state index contributed by atoms with van der Waals surface area (Å²) in [5.41, 5.74) is 10.0. The summed E-state index contributed by atoms with van der Waals surface area (Å²) in [6.07, 6.45) is 0.991. The van der Waals surface area contributed by atoms with Crippen LogP contribution in [0.4, 0.5) is 0 Å². The lowest BCUT2D eigenvalue weighted by Crippen LogP contribution is -2.27. The number of rotatable bonds is 5. The zero-order chi connectivity index (χ0) is 20.4. The van der Waals surface area contributed by atoms with Crippen molar-refractivity contribution in [1.29, 1.82) is 0 Å². The third-order valence-electron chi connectivity index (χ3n) is 5.60. The van der Waals surface area contributed by atoms with Gasteiger partial charge in [0.15, 0.2) is 0 Å². The van der Waals surface area contributed by atoms with Crippen molar-refractivity contribution in [3.05, 3.63) is 100 Å². The number of imidazole rings is 1. The van der Waals surface area contributed by atoms with E-state index in [1.165, 1.54) is 38.9 Å². The lowest BCUT2D eigenvalue weighted by atomic mass is 10.1. The van der Waals surface area contributed by atoms with Gasteiger partial charge in [-0.1, -0.05) is 65.7 Å².